The molecule has 38 heavy (non-hydrogen) atoms. The maximum atomic E-state index is 12.5. The van der Waals surface area contributed by atoms with Gasteiger partial charge in [-0.2, -0.15) is 5.10 Å². The number of hydrazone groups is 1. The Bertz CT molecular complexity index is 1450. The number of carbonyl (C=O) groups excluding carboxylic acids is 1. The Morgan fingerprint density at radius 3 is 2.74 bits per heavy atom. The van der Waals surface area contributed by atoms with Crippen LogP contribution in [0.3, 0.4) is 0 Å². The highest BCUT2D eigenvalue weighted by atomic mass is 32.2. The van der Waals surface area contributed by atoms with Crippen LogP contribution >= 0.6 is 34.9 Å². The SMILES string of the molecule is N/N=C(/Sc1ccc(C=Nc2ccc3nc(SCC(=O)N4CCCCC4)sc3c2)o1)N(N)c1ccccc1. The lowest BCUT2D eigenvalue weighted by Crippen LogP contribution is -2.36. The van der Waals surface area contributed by atoms with Crippen LogP contribution < -0.4 is 16.7 Å². The molecule has 2 aromatic heterocycles. The van der Waals surface area contributed by atoms with Crippen LogP contribution in [0, 0.1) is 0 Å². The molecule has 9 nitrogen and oxygen atoms in total. The first-order valence-corrected chi connectivity index (χ1v) is 14.7. The van der Waals surface area contributed by atoms with Gasteiger partial charge in [0.2, 0.25) is 11.1 Å². The first kappa shape index (κ1) is 26.3. The molecule has 0 unspecified atom stereocenters. The number of furan rings is 1. The molecule has 4 N–H and O–H groups in total. The highest BCUT2D eigenvalue weighted by Crippen LogP contribution is 2.32. The summed E-state index contributed by atoms with van der Waals surface area (Å²) in [5.41, 5.74) is 2.44. The van der Waals surface area contributed by atoms with Gasteiger partial charge in [-0.25, -0.2) is 10.8 Å². The number of thiazole rings is 1. The van der Waals surface area contributed by atoms with E-state index in [-0.39, 0.29) is 5.91 Å². The molecular weight excluding hydrogens is 539 g/mol. The predicted molar refractivity (Wildman–Crippen MR) is 157 cm³/mol. The number of hydrazine groups is 1. The zero-order valence-electron chi connectivity index (χ0n) is 20.5. The van der Waals surface area contributed by atoms with E-state index in [1.807, 2.05) is 65.6 Å². The van der Waals surface area contributed by atoms with Crippen molar-refractivity contribution in [3.8, 4) is 0 Å². The molecule has 2 aromatic carbocycles. The van der Waals surface area contributed by atoms with Crippen molar-refractivity contribution in [1.29, 1.82) is 0 Å². The Morgan fingerprint density at radius 1 is 1.13 bits per heavy atom. The van der Waals surface area contributed by atoms with E-state index in [0.29, 0.717) is 21.8 Å². The first-order chi connectivity index (χ1) is 18.6. The Morgan fingerprint density at radius 2 is 1.95 bits per heavy atom. The number of nitrogens with two attached hydrogens (primary N) is 2. The largest absolute Gasteiger partial charge is 0.448 e. The van der Waals surface area contributed by atoms with Gasteiger partial charge in [-0.15, -0.1) is 11.3 Å². The number of amides is 1. The third-order valence-electron chi connectivity index (χ3n) is 5.87. The number of rotatable bonds is 7. The molecule has 0 spiro atoms. The number of hydrogen-bond donors (Lipinski definition) is 2. The number of aliphatic imine (C=N–C) groups is 1. The van der Waals surface area contributed by atoms with Crippen molar-refractivity contribution in [2.75, 3.05) is 23.9 Å². The van der Waals surface area contributed by atoms with Crippen LogP contribution in [0.1, 0.15) is 25.0 Å². The van der Waals surface area contributed by atoms with E-state index in [0.717, 1.165) is 51.9 Å². The van der Waals surface area contributed by atoms with Crippen molar-refractivity contribution in [3.63, 3.8) is 0 Å². The number of anilines is 1. The number of para-hydroxylation sites is 1. The van der Waals surface area contributed by atoms with E-state index in [2.05, 4.69) is 15.1 Å². The molecule has 1 amide bonds. The molecule has 0 radical (unpaired) electrons. The monoisotopic (exact) mass is 565 g/mol. The molecule has 1 aliphatic heterocycles. The number of carbonyl (C=O) groups is 1. The van der Waals surface area contributed by atoms with Gasteiger partial charge in [0.1, 0.15) is 5.76 Å². The topological polar surface area (TPSA) is 126 Å². The van der Waals surface area contributed by atoms with Gasteiger partial charge in [0.05, 0.1) is 33.6 Å². The maximum Gasteiger partial charge on any atom is 0.233 e. The van der Waals surface area contributed by atoms with Crippen LogP contribution in [0.25, 0.3) is 10.2 Å². The Kier molecular flexibility index (Phi) is 8.64. The minimum Gasteiger partial charge on any atom is -0.448 e. The molecule has 5 rings (SSSR count). The van der Waals surface area contributed by atoms with E-state index in [1.165, 1.54) is 35.0 Å². The summed E-state index contributed by atoms with van der Waals surface area (Å²) in [5.74, 6) is 12.9. The summed E-state index contributed by atoms with van der Waals surface area (Å²) in [6.07, 6.45) is 5.08. The van der Waals surface area contributed by atoms with E-state index >= 15 is 0 Å². The van der Waals surface area contributed by atoms with Crippen LogP contribution in [0.2, 0.25) is 0 Å². The van der Waals surface area contributed by atoms with Crippen LogP contribution in [0.4, 0.5) is 11.4 Å². The highest BCUT2D eigenvalue weighted by Gasteiger charge is 2.17. The molecule has 1 saturated heterocycles. The van der Waals surface area contributed by atoms with Crippen molar-refractivity contribution >= 4 is 73.7 Å². The summed E-state index contributed by atoms with van der Waals surface area (Å²) in [5, 5.41) is 6.17. The zero-order chi connectivity index (χ0) is 26.3. The average Bonchev–Trinajstić information content (AvgIpc) is 3.60. The summed E-state index contributed by atoms with van der Waals surface area (Å²) in [4.78, 5) is 23.7. The highest BCUT2D eigenvalue weighted by molar-refractivity contribution is 8.14. The number of benzene rings is 2. The molecule has 1 fully saturated rings. The van der Waals surface area contributed by atoms with E-state index in [1.54, 1.807) is 17.6 Å². The molecule has 0 atom stereocenters. The number of aromatic nitrogens is 1. The van der Waals surface area contributed by atoms with Crippen LogP contribution in [0.5, 0.6) is 0 Å². The number of likely N-dealkylation sites (tertiary alicyclic amines) is 1. The summed E-state index contributed by atoms with van der Waals surface area (Å²) in [6.45, 7) is 1.74. The second-order valence-electron chi connectivity index (χ2n) is 8.50. The Balaban J connectivity index is 1.19. The Labute approximate surface area is 232 Å². The quantitative estimate of drug-likeness (QED) is 0.0996. The van der Waals surface area contributed by atoms with Gasteiger partial charge in [-0.3, -0.25) is 14.8 Å². The minimum absolute atomic E-state index is 0.194. The van der Waals surface area contributed by atoms with Crippen molar-refractivity contribution in [3.05, 3.63) is 66.4 Å². The van der Waals surface area contributed by atoms with E-state index in [9.17, 15) is 4.79 Å². The lowest BCUT2D eigenvalue weighted by atomic mass is 10.1. The third-order valence-corrected chi connectivity index (χ3v) is 8.92. The van der Waals surface area contributed by atoms with Crippen LogP contribution in [-0.4, -0.2) is 46.0 Å². The normalized spacial score (nSPS) is 14.4. The molecule has 4 aromatic rings. The van der Waals surface area contributed by atoms with Crippen LogP contribution in [0.15, 0.2) is 84.6 Å². The second-order valence-corrected chi connectivity index (χ2v) is 11.7. The molecule has 3 heterocycles. The molecule has 0 saturated carbocycles. The number of nitrogens with zero attached hydrogens (tertiary/aromatic N) is 5. The van der Waals surface area contributed by atoms with E-state index < -0.39 is 0 Å². The van der Waals surface area contributed by atoms with Gasteiger partial charge < -0.3 is 15.2 Å². The lowest BCUT2D eigenvalue weighted by Gasteiger charge is -2.26. The summed E-state index contributed by atoms with van der Waals surface area (Å²) < 4.78 is 7.78. The minimum atomic E-state index is 0.194. The van der Waals surface area contributed by atoms with Gasteiger partial charge >= 0.3 is 0 Å². The fraction of sp³-hybridized carbons (Fsp3) is 0.231. The van der Waals surface area contributed by atoms with Gasteiger partial charge in [-0.1, -0.05) is 30.0 Å². The molecule has 1 aliphatic rings. The third kappa shape index (κ3) is 6.57. The standard InChI is InChI=1S/C26H27N7O2S3/c27-31-25(33(28)19-7-3-1-4-8-19)38-24-12-10-20(35-24)16-29-18-9-11-21-22(15-18)37-26(30-21)36-17-23(34)32-13-5-2-6-14-32/h1,3-4,7-12,15-16H,2,5-6,13-14,17,27-28H2/b29-16?,31-25+. The van der Waals surface area contributed by atoms with Crippen molar-refractivity contribution in [2.45, 2.75) is 28.7 Å². The number of hydrogen-bond acceptors (Lipinski definition) is 10. The Hall–Kier alpha value is -3.32. The second kappa shape index (κ2) is 12.5. The van der Waals surface area contributed by atoms with Gasteiger partial charge in [0.15, 0.2) is 9.43 Å². The number of thioether (sulfide) groups is 2. The van der Waals surface area contributed by atoms with Crippen molar-refractivity contribution in [1.82, 2.24) is 9.88 Å². The molecule has 196 valence electrons. The van der Waals surface area contributed by atoms with Gasteiger partial charge in [-0.05, 0) is 73.5 Å². The summed E-state index contributed by atoms with van der Waals surface area (Å²) in [6, 6.07) is 18.9. The molecular formula is C26H27N7O2S3. The predicted octanol–water partition coefficient (Wildman–Crippen LogP) is 5.45. The fourth-order valence-corrected chi connectivity index (χ4v) is 6.63. The van der Waals surface area contributed by atoms with Gasteiger partial charge in [0.25, 0.3) is 0 Å². The maximum absolute atomic E-state index is 12.5. The molecule has 0 aliphatic carbocycles. The van der Waals surface area contributed by atoms with Crippen LogP contribution in [-0.2, 0) is 4.79 Å². The summed E-state index contributed by atoms with van der Waals surface area (Å²) >= 11 is 4.29. The van der Waals surface area contributed by atoms with Crippen molar-refractivity contribution in [2.24, 2.45) is 21.8 Å². The van der Waals surface area contributed by atoms with E-state index in [4.69, 9.17) is 16.1 Å². The number of amidine groups is 1. The average molecular weight is 566 g/mol. The summed E-state index contributed by atoms with van der Waals surface area (Å²) in [7, 11) is 0. The van der Waals surface area contributed by atoms with Crippen molar-refractivity contribution < 1.29 is 9.21 Å². The first-order valence-electron chi connectivity index (χ1n) is 12.1. The number of fused-ring (bicyclic) bond motifs is 1. The fourth-order valence-electron chi connectivity index (χ4n) is 3.92. The number of piperidine rings is 1. The zero-order valence-corrected chi connectivity index (χ0v) is 23.0. The molecule has 0 bridgehead atoms. The molecule has 12 heteroatoms. The smallest absolute Gasteiger partial charge is 0.233 e. The lowest BCUT2D eigenvalue weighted by molar-refractivity contribution is -0.129. The van der Waals surface area contributed by atoms with Gasteiger partial charge in [0, 0.05) is 13.1 Å².